The lowest BCUT2D eigenvalue weighted by Gasteiger charge is -2.39. The third-order valence-electron chi connectivity index (χ3n) is 11.9. The molecule has 6 heterocycles. The molecule has 6 aromatic rings. The molecule has 4 aromatic heterocycles. The second-order valence-corrected chi connectivity index (χ2v) is 16.8. The van der Waals surface area contributed by atoms with Gasteiger partial charge in [-0.25, -0.2) is 15.0 Å². The molecule has 0 atom stereocenters. The van der Waals surface area contributed by atoms with Crippen LogP contribution in [-0.4, -0.2) is 131 Å². The number of anilines is 2. The lowest BCUT2D eigenvalue weighted by molar-refractivity contribution is -0.146. The molecule has 0 unspecified atom stereocenters. The lowest BCUT2D eigenvalue weighted by Crippen LogP contribution is -2.55. The van der Waals surface area contributed by atoms with Crippen molar-refractivity contribution in [3.8, 4) is 11.5 Å². The van der Waals surface area contributed by atoms with Crippen molar-refractivity contribution in [3.63, 3.8) is 0 Å². The van der Waals surface area contributed by atoms with Crippen LogP contribution in [0.2, 0.25) is 0 Å². The van der Waals surface area contributed by atoms with Crippen molar-refractivity contribution in [1.29, 1.82) is 0 Å². The molecule has 7 amide bonds. The number of carbonyl (C=O) groups is 7. The maximum atomic E-state index is 13.8. The number of rotatable bonds is 22. The van der Waals surface area contributed by atoms with Gasteiger partial charge in [0.15, 0.2) is 5.89 Å². The van der Waals surface area contributed by atoms with Crippen LogP contribution in [-0.2, 0) is 45.2 Å². The highest BCUT2D eigenvalue weighted by molar-refractivity contribution is 6.13. The first-order valence-corrected chi connectivity index (χ1v) is 23.1. The summed E-state index contributed by atoms with van der Waals surface area (Å²) in [4.78, 5) is 105. The molecule has 2 aromatic carbocycles. The van der Waals surface area contributed by atoms with Gasteiger partial charge < -0.3 is 44.1 Å². The summed E-state index contributed by atoms with van der Waals surface area (Å²) < 4.78 is 28.6. The number of nitrogens with two attached hydrogens (primary N) is 2. The summed E-state index contributed by atoms with van der Waals surface area (Å²) in [7, 11) is 1.44. The SMILES string of the molecule is CCc1nc(C)oc1C(=O)Nc1nc2cc(C(N)=O)cc(OCCCOC3CN(C(=O)CCN4C(=O)C=CC4=O)C3)c2n1CC=CCn1c(NC(=O)c2cc(C)nn2CC)nc2cc(C(N)=O)cc(OC)c21. The number of ether oxygens (including phenoxy) is 3. The molecule has 6 N–H and O–H groups in total. The summed E-state index contributed by atoms with van der Waals surface area (Å²) in [5.74, 6) is -2.53. The van der Waals surface area contributed by atoms with Gasteiger partial charge >= 0.3 is 0 Å². The Labute approximate surface area is 410 Å². The quantitative estimate of drug-likeness (QED) is 0.0432. The van der Waals surface area contributed by atoms with E-state index in [4.69, 9.17) is 35.1 Å². The zero-order valence-electron chi connectivity index (χ0n) is 40.2. The first-order chi connectivity index (χ1) is 34.6. The second-order valence-electron chi connectivity index (χ2n) is 16.8. The van der Waals surface area contributed by atoms with Gasteiger partial charge in [-0.15, -0.1) is 0 Å². The van der Waals surface area contributed by atoms with E-state index in [1.54, 1.807) is 50.8 Å². The summed E-state index contributed by atoms with van der Waals surface area (Å²) in [6.45, 7) is 8.87. The number of nitrogens with one attached hydrogen (secondary N) is 2. The summed E-state index contributed by atoms with van der Waals surface area (Å²) in [6, 6.07) is 7.65. The van der Waals surface area contributed by atoms with Crippen LogP contribution in [0.1, 0.15) is 85.7 Å². The zero-order valence-corrected chi connectivity index (χ0v) is 40.2. The topological polar surface area (TPSA) is 309 Å². The van der Waals surface area contributed by atoms with Crippen molar-refractivity contribution < 1.29 is 52.2 Å². The molecule has 0 saturated carbocycles. The van der Waals surface area contributed by atoms with Gasteiger partial charge in [0, 0.05) is 82.3 Å². The molecule has 2 aliphatic heterocycles. The number of methoxy groups -OCH3 is 1. The monoisotopic (exact) mass is 987 g/mol. The van der Waals surface area contributed by atoms with Crippen LogP contribution in [0.25, 0.3) is 22.1 Å². The minimum atomic E-state index is -0.739. The number of hydrogen-bond acceptors (Lipinski definition) is 15. The third kappa shape index (κ3) is 10.4. The number of likely N-dealkylation sites (tertiary alicyclic amines) is 1. The molecule has 24 heteroatoms. The number of imide groups is 1. The van der Waals surface area contributed by atoms with Crippen LogP contribution in [0.5, 0.6) is 11.5 Å². The Balaban J connectivity index is 1.04. The lowest BCUT2D eigenvalue weighted by atomic mass is 10.1. The molecule has 8 rings (SSSR count). The smallest absolute Gasteiger partial charge is 0.295 e. The number of nitrogens with zero attached hydrogens (tertiary/aromatic N) is 9. The van der Waals surface area contributed by atoms with Gasteiger partial charge in [-0.3, -0.25) is 53.8 Å². The van der Waals surface area contributed by atoms with E-state index in [2.05, 4.69) is 25.7 Å². The number of amides is 7. The van der Waals surface area contributed by atoms with Crippen LogP contribution in [0, 0.1) is 13.8 Å². The number of aryl methyl sites for hydroxylation is 4. The molecule has 0 bridgehead atoms. The Kier molecular flexibility index (Phi) is 14.6. The molecule has 376 valence electrons. The van der Waals surface area contributed by atoms with Gasteiger partial charge in [0.25, 0.3) is 23.6 Å². The van der Waals surface area contributed by atoms with Gasteiger partial charge in [-0.05, 0) is 50.6 Å². The van der Waals surface area contributed by atoms with E-state index in [0.29, 0.717) is 72.0 Å². The van der Waals surface area contributed by atoms with Crippen LogP contribution < -0.4 is 31.6 Å². The zero-order chi connectivity index (χ0) is 51.4. The number of hydrogen-bond donors (Lipinski definition) is 4. The average Bonchev–Trinajstić information content (AvgIpc) is 4.16. The average molecular weight is 988 g/mol. The number of imidazole rings is 2. The second kappa shape index (κ2) is 21.1. The van der Waals surface area contributed by atoms with E-state index in [0.717, 1.165) is 4.90 Å². The third-order valence-corrected chi connectivity index (χ3v) is 11.9. The molecule has 1 fully saturated rings. The van der Waals surface area contributed by atoms with E-state index >= 15 is 0 Å². The Bertz CT molecular complexity index is 3190. The van der Waals surface area contributed by atoms with Crippen molar-refractivity contribution in [2.24, 2.45) is 11.5 Å². The molecule has 0 radical (unpaired) electrons. The van der Waals surface area contributed by atoms with Crippen molar-refractivity contribution >= 4 is 75.3 Å². The fourth-order valence-corrected chi connectivity index (χ4v) is 8.35. The van der Waals surface area contributed by atoms with Crippen LogP contribution in [0.4, 0.5) is 11.9 Å². The Morgan fingerprint density at radius 2 is 1.40 bits per heavy atom. The predicted molar refractivity (Wildman–Crippen MR) is 258 cm³/mol. The molecule has 2 aliphatic rings. The number of primary amides is 2. The number of fused-ring (bicyclic) bond motifs is 2. The fourth-order valence-electron chi connectivity index (χ4n) is 8.35. The van der Waals surface area contributed by atoms with E-state index in [9.17, 15) is 33.6 Å². The standard InChI is InChI=1S/C48H53N13O11/c1-6-31-42(72-27(4)51-31)46(68)55-48-53-33-21-29(44(50)66)23-36(71-18-10-17-70-30-24-57(25-30)37(62)13-16-58-38(63)11-12-39(58)64)41(33)60(48)15-9-8-14-59-40-32(20-28(43(49)65)22-35(40)69-5)52-47(59)54-45(67)34-19-26(3)56-61(34)7-2/h8-9,11-12,19-23,30H,6-7,10,13-18,24-25H2,1-5H3,(H2,49,65)(H2,50,66)(H,52,54,67)(H,53,55,68). The summed E-state index contributed by atoms with van der Waals surface area (Å²) in [5, 5.41) is 10.1. The Morgan fingerprint density at radius 3 is 1.99 bits per heavy atom. The first kappa shape index (κ1) is 49.7. The Morgan fingerprint density at radius 1 is 0.806 bits per heavy atom. The molecular weight excluding hydrogens is 935 g/mol. The number of oxazole rings is 1. The van der Waals surface area contributed by atoms with Gasteiger partial charge in [0.2, 0.25) is 35.4 Å². The van der Waals surface area contributed by atoms with E-state index in [1.807, 2.05) is 13.8 Å². The Hall–Kier alpha value is -8.67. The predicted octanol–water partition coefficient (Wildman–Crippen LogP) is 3.05. The van der Waals surface area contributed by atoms with Crippen molar-refractivity contribution in [3.05, 3.63) is 94.5 Å². The highest BCUT2D eigenvalue weighted by Gasteiger charge is 2.33. The van der Waals surface area contributed by atoms with Gasteiger partial charge in [0.05, 0.1) is 48.8 Å². The van der Waals surface area contributed by atoms with E-state index in [1.165, 1.54) is 43.5 Å². The highest BCUT2D eigenvalue weighted by atomic mass is 16.5. The molecule has 0 spiro atoms. The normalized spacial score (nSPS) is 13.7. The molecule has 72 heavy (non-hydrogen) atoms. The van der Waals surface area contributed by atoms with Crippen molar-refractivity contribution in [1.82, 2.24) is 43.7 Å². The first-order valence-electron chi connectivity index (χ1n) is 23.1. The maximum absolute atomic E-state index is 13.8. The van der Waals surface area contributed by atoms with Crippen LogP contribution in [0.15, 0.2) is 59.1 Å². The van der Waals surface area contributed by atoms with Crippen LogP contribution in [0.3, 0.4) is 0 Å². The molecule has 1 saturated heterocycles. The molecule has 24 nitrogen and oxygen atoms in total. The molecule has 0 aliphatic carbocycles. The largest absolute Gasteiger partial charge is 0.494 e. The van der Waals surface area contributed by atoms with Crippen molar-refractivity contribution in [2.45, 2.75) is 72.7 Å². The summed E-state index contributed by atoms with van der Waals surface area (Å²) in [5.41, 5.74) is 14.6. The van der Waals surface area contributed by atoms with Gasteiger partial charge in [-0.2, -0.15) is 5.10 Å². The summed E-state index contributed by atoms with van der Waals surface area (Å²) >= 11 is 0. The van der Waals surface area contributed by atoms with Crippen LogP contribution >= 0.6 is 0 Å². The van der Waals surface area contributed by atoms with Crippen molar-refractivity contribution in [2.75, 3.05) is 50.6 Å². The maximum Gasteiger partial charge on any atom is 0.295 e. The highest BCUT2D eigenvalue weighted by Crippen LogP contribution is 2.33. The summed E-state index contributed by atoms with van der Waals surface area (Å²) in [6.07, 6.45) is 6.57. The number of benzene rings is 2. The fraction of sp³-hybridized carbons (Fsp3) is 0.354. The number of aromatic nitrogens is 7. The minimum absolute atomic E-state index is 0.00653. The van der Waals surface area contributed by atoms with E-state index < -0.39 is 35.4 Å². The van der Waals surface area contributed by atoms with Gasteiger partial charge in [-0.1, -0.05) is 19.1 Å². The van der Waals surface area contributed by atoms with E-state index in [-0.39, 0.29) is 97.1 Å². The van der Waals surface area contributed by atoms with Gasteiger partial charge in [0.1, 0.15) is 28.2 Å². The molecular formula is C48H53N13O11. The number of allylic oxidation sites excluding steroid dienone is 2. The minimum Gasteiger partial charge on any atom is -0.494 e. The number of carbonyl (C=O) groups excluding carboxylic acids is 7.